The lowest BCUT2D eigenvalue weighted by Gasteiger charge is -2.05. The van der Waals surface area contributed by atoms with E-state index in [0.717, 1.165) is 6.07 Å². The molecule has 0 radical (unpaired) electrons. The van der Waals surface area contributed by atoms with Gasteiger partial charge in [-0.3, -0.25) is 5.32 Å². The van der Waals surface area contributed by atoms with E-state index in [-0.39, 0.29) is 5.56 Å². The zero-order valence-corrected chi connectivity index (χ0v) is 12.9. The summed E-state index contributed by atoms with van der Waals surface area (Å²) >= 11 is 6.96. The third-order valence-corrected chi connectivity index (χ3v) is 3.88. The summed E-state index contributed by atoms with van der Waals surface area (Å²) in [6, 6.07) is 8.15. The average Bonchev–Trinajstić information content (AvgIpc) is 2.90. The third-order valence-electron chi connectivity index (χ3n) is 2.79. The number of hydrogen-bond donors (Lipinski definition) is 2. The Hall–Kier alpha value is -2.76. The van der Waals surface area contributed by atoms with Gasteiger partial charge >= 0.3 is 6.03 Å². The van der Waals surface area contributed by atoms with Gasteiger partial charge in [0, 0.05) is 5.69 Å². The number of aromatic nitrogens is 2. The van der Waals surface area contributed by atoms with Gasteiger partial charge in [0.25, 0.3) is 0 Å². The molecule has 0 bridgehead atoms. The molecule has 23 heavy (non-hydrogen) atoms. The molecule has 3 aromatic rings. The van der Waals surface area contributed by atoms with Crippen molar-refractivity contribution in [2.45, 2.75) is 0 Å². The second kappa shape index (κ2) is 6.16. The normalized spacial score (nSPS) is 10.3. The highest BCUT2D eigenvalue weighted by atomic mass is 35.5. The smallest absolute Gasteiger partial charge is 0.308 e. The van der Waals surface area contributed by atoms with Crippen LogP contribution in [0.3, 0.4) is 0 Å². The molecule has 2 N–H and O–H groups in total. The lowest BCUT2D eigenvalue weighted by atomic mass is 10.2. The van der Waals surface area contributed by atoms with Gasteiger partial charge in [-0.25, -0.2) is 19.2 Å². The van der Waals surface area contributed by atoms with E-state index in [1.165, 1.54) is 23.5 Å². The molecule has 0 fully saturated rings. The maximum absolute atomic E-state index is 13.2. The maximum Gasteiger partial charge on any atom is 0.325 e. The van der Waals surface area contributed by atoms with Gasteiger partial charge in [-0.2, -0.15) is 5.26 Å². The van der Waals surface area contributed by atoms with Crippen molar-refractivity contribution in [3.8, 4) is 6.07 Å². The van der Waals surface area contributed by atoms with Crippen molar-refractivity contribution >= 4 is 50.1 Å². The first-order chi connectivity index (χ1) is 11.0. The van der Waals surface area contributed by atoms with Gasteiger partial charge in [0.1, 0.15) is 27.4 Å². The molecule has 1 aromatic carbocycles. The van der Waals surface area contributed by atoms with Crippen LogP contribution < -0.4 is 10.6 Å². The SMILES string of the molecule is N#Cc1cc(NC(=O)Nc2nc3ccc(Cl)nc3s2)ccc1F. The largest absolute Gasteiger partial charge is 0.325 e. The van der Waals surface area contributed by atoms with Gasteiger partial charge in [0.05, 0.1) is 5.56 Å². The molecule has 0 spiro atoms. The summed E-state index contributed by atoms with van der Waals surface area (Å²) in [6.07, 6.45) is 0. The summed E-state index contributed by atoms with van der Waals surface area (Å²) in [5.41, 5.74) is 0.757. The highest BCUT2D eigenvalue weighted by Gasteiger charge is 2.10. The summed E-state index contributed by atoms with van der Waals surface area (Å²) in [5, 5.41) is 14.5. The van der Waals surface area contributed by atoms with E-state index >= 15 is 0 Å². The van der Waals surface area contributed by atoms with Gasteiger partial charge in [-0.1, -0.05) is 22.9 Å². The Labute approximate surface area is 138 Å². The first-order valence-corrected chi connectivity index (χ1v) is 7.45. The third kappa shape index (κ3) is 3.36. The molecule has 0 aliphatic carbocycles. The van der Waals surface area contributed by atoms with Crippen LogP contribution in [0.5, 0.6) is 0 Å². The van der Waals surface area contributed by atoms with Crippen LogP contribution in [0.4, 0.5) is 20.0 Å². The Kier molecular flexibility index (Phi) is 4.06. The van der Waals surface area contributed by atoms with E-state index < -0.39 is 11.8 Å². The zero-order chi connectivity index (χ0) is 16.4. The molecular weight excluding hydrogens is 341 g/mol. The summed E-state index contributed by atoms with van der Waals surface area (Å²) in [5.74, 6) is -0.646. The van der Waals surface area contributed by atoms with Crippen molar-refractivity contribution in [3.05, 3.63) is 46.9 Å². The van der Waals surface area contributed by atoms with E-state index in [2.05, 4.69) is 20.6 Å². The van der Waals surface area contributed by atoms with Crippen LogP contribution in [0.25, 0.3) is 10.3 Å². The summed E-state index contributed by atoms with van der Waals surface area (Å²) < 4.78 is 13.2. The number of amides is 2. The summed E-state index contributed by atoms with van der Waals surface area (Å²) in [4.78, 5) is 20.8. The minimum absolute atomic E-state index is 0.151. The summed E-state index contributed by atoms with van der Waals surface area (Å²) in [6.45, 7) is 0. The Morgan fingerprint density at radius 1 is 1.26 bits per heavy atom. The van der Waals surface area contributed by atoms with Crippen LogP contribution in [0, 0.1) is 17.1 Å². The molecule has 0 aliphatic rings. The number of carbonyl (C=O) groups is 1. The number of hydrogen-bond acceptors (Lipinski definition) is 5. The quantitative estimate of drug-likeness (QED) is 0.685. The molecule has 2 amide bonds. The number of nitriles is 1. The van der Waals surface area contributed by atoms with Crippen LogP contribution in [-0.2, 0) is 0 Å². The predicted octanol–water partition coefficient (Wildman–Crippen LogP) is 4.00. The number of anilines is 2. The van der Waals surface area contributed by atoms with Crippen molar-refractivity contribution in [1.82, 2.24) is 9.97 Å². The Bertz CT molecular complexity index is 952. The number of rotatable bonds is 2. The molecule has 0 unspecified atom stereocenters. The number of urea groups is 1. The Morgan fingerprint density at radius 2 is 2.09 bits per heavy atom. The lowest BCUT2D eigenvalue weighted by molar-refractivity contribution is 0.262. The molecule has 0 aliphatic heterocycles. The molecule has 2 heterocycles. The minimum atomic E-state index is -0.646. The predicted molar refractivity (Wildman–Crippen MR) is 86.2 cm³/mol. The number of carbonyl (C=O) groups excluding carboxylic acids is 1. The van der Waals surface area contributed by atoms with E-state index in [9.17, 15) is 9.18 Å². The van der Waals surface area contributed by atoms with Gasteiger partial charge in [0.15, 0.2) is 5.13 Å². The average molecular weight is 348 g/mol. The topological polar surface area (TPSA) is 90.7 Å². The van der Waals surface area contributed by atoms with E-state index in [0.29, 0.717) is 26.3 Å². The number of pyridine rings is 1. The minimum Gasteiger partial charge on any atom is -0.308 e. The van der Waals surface area contributed by atoms with Crippen LogP contribution in [0.2, 0.25) is 5.15 Å². The Morgan fingerprint density at radius 3 is 2.87 bits per heavy atom. The molecule has 0 atom stereocenters. The van der Waals surface area contributed by atoms with Crippen molar-refractivity contribution in [2.75, 3.05) is 10.6 Å². The van der Waals surface area contributed by atoms with Crippen molar-refractivity contribution in [2.24, 2.45) is 0 Å². The Balaban J connectivity index is 1.74. The number of nitrogens with zero attached hydrogens (tertiary/aromatic N) is 3. The van der Waals surface area contributed by atoms with E-state index in [4.69, 9.17) is 16.9 Å². The highest BCUT2D eigenvalue weighted by molar-refractivity contribution is 7.22. The monoisotopic (exact) mass is 347 g/mol. The van der Waals surface area contributed by atoms with Crippen molar-refractivity contribution in [1.29, 1.82) is 5.26 Å². The van der Waals surface area contributed by atoms with Gasteiger partial charge in [-0.15, -0.1) is 0 Å². The second-order valence-corrected chi connectivity index (χ2v) is 5.73. The maximum atomic E-state index is 13.2. The second-order valence-electron chi connectivity index (χ2n) is 4.36. The molecule has 3 rings (SSSR count). The molecule has 0 saturated heterocycles. The molecule has 9 heteroatoms. The molecule has 114 valence electrons. The molecular formula is C14H7ClFN5OS. The highest BCUT2D eigenvalue weighted by Crippen LogP contribution is 2.25. The van der Waals surface area contributed by atoms with Crippen LogP contribution in [-0.4, -0.2) is 16.0 Å². The fourth-order valence-electron chi connectivity index (χ4n) is 1.80. The van der Waals surface area contributed by atoms with Gasteiger partial charge < -0.3 is 5.32 Å². The molecule has 0 saturated carbocycles. The van der Waals surface area contributed by atoms with Gasteiger partial charge in [0.2, 0.25) is 0 Å². The fraction of sp³-hybridized carbons (Fsp3) is 0. The number of fused-ring (bicyclic) bond motifs is 1. The summed E-state index contributed by atoms with van der Waals surface area (Å²) in [7, 11) is 0. The van der Waals surface area contributed by atoms with E-state index in [1.54, 1.807) is 18.2 Å². The number of benzene rings is 1. The lowest BCUT2D eigenvalue weighted by Crippen LogP contribution is -2.19. The van der Waals surface area contributed by atoms with Crippen molar-refractivity contribution in [3.63, 3.8) is 0 Å². The number of nitrogens with one attached hydrogen (secondary N) is 2. The standard InChI is InChI=1S/C14H7ClFN5OS/c15-11-4-3-10-12(20-11)23-14(19-10)21-13(22)18-8-1-2-9(16)7(5-8)6-17/h1-5H,(H2,18,19,21,22). The van der Waals surface area contributed by atoms with Crippen molar-refractivity contribution < 1.29 is 9.18 Å². The first-order valence-electron chi connectivity index (χ1n) is 6.26. The van der Waals surface area contributed by atoms with Crippen LogP contribution in [0.15, 0.2) is 30.3 Å². The van der Waals surface area contributed by atoms with Crippen LogP contribution >= 0.6 is 22.9 Å². The fourth-order valence-corrected chi connectivity index (χ4v) is 2.83. The zero-order valence-electron chi connectivity index (χ0n) is 11.3. The molecule has 6 nitrogen and oxygen atoms in total. The van der Waals surface area contributed by atoms with Crippen LogP contribution in [0.1, 0.15) is 5.56 Å². The number of thiazole rings is 1. The first kappa shape index (κ1) is 15.1. The van der Waals surface area contributed by atoms with E-state index in [1.807, 2.05) is 0 Å². The number of halogens is 2. The molecule has 2 aromatic heterocycles. The van der Waals surface area contributed by atoms with Gasteiger partial charge in [-0.05, 0) is 30.3 Å².